The van der Waals surface area contributed by atoms with Crippen molar-refractivity contribution in [1.29, 1.82) is 0 Å². The first-order valence-electron chi connectivity index (χ1n) is 6.67. The fourth-order valence-corrected chi connectivity index (χ4v) is 2.32. The second kappa shape index (κ2) is 4.96. The smallest absolute Gasteiger partial charge is 0.0843 e. The van der Waals surface area contributed by atoms with Gasteiger partial charge in [0.1, 0.15) is 0 Å². The van der Waals surface area contributed by atoms with Crippen LogP contribution in [0.2, 0.25) is 0 Å². The summed E-state index contributed by atoms with van der Waals surface area (Å²) in [6, 6.07) is 0.827. The molecule has 0 aromatic carbocycles. The molecule has 1 unspecified atom stereocenters. The zero-order valence-electron chi connectivity index (χ0n) is 10.2. The number of rotatable bonds is 5. The Labute approximate surface area is 103 Å². The third-order valence-corrected chi connectivity index (χ3v) is 3.60. The summed E-state index contributed by atoms with van der Waals surface area (Å²) in [5.74, 6) is 0.697. The molecule has 0 aromatic rings. The van der Waals surface area contributed by atoms with Crippen molar-refractivity contribution in [1.82, 2.24) is 16.0 Å². The molecule has 3 rings (SSSR count). The Morgan fingerprint density at radius 2 is 2.29 bits per heavy atom. The van der Waals surface area contributed by atoms with E-state index >= 15 is 0 Å². The molecule has 1 atom stereocenters. The van der Waals surface area contributed by atoms with Crippen molar-refractivity contribution >= 4 is 0 Å². The monoisotopic (exact) mass is 231 g/mol. The van der Waals surface area contributed by atoms with Crippen LogP contribution in [0.25, 0.3) is 0 Å². The molecule has 0 amide bonds. The lowest BCUT2D eigenvalue weighted by molar-refractivity contribution is 0.554. The quantitative estimate of drug-likeness (QED) is 0.673. The van der Waals surface area contributed by atoms with Gasteiger partial charge in [0.15, 0.2) is 0 Å². The number of hydrogen-bond acceptors (Lipinski definition) is 3. The highest BCUT2D eigenvalue weighted by Crippen LogP contribution is 2.23. The van der Waals surface area contributed by atoms with E-state index in [2.05, 4.69) is 40.4 Å². The molecule has 0 saturated heterocycles. The molecule has 2 aliphatic carbocycles. The van der Waals surface area contributed by atoms with Crippen LogP contribution in [0.4, 0.5) is 0 Å². The highest BCUT2D eigenvalue weighted by molar-refractivity contribution is 5.29. The molecular formula is C14H21N3. The molecule has 1 fully saturated rings. The Kier molecular flexibility index (Phi) is 3.18. The van der Waals surface area contributed by atoms with Gasteiger partial charge < -0.3 is 16.0 Å². The van der Waals surface area contributed by atoms with E-state index in [9.17, 15) is 0 Å². The zero-order valence-corrected chi connectivity index (χ0v) is 10.2. The molecule has 3 nitrogen and oxygen atoms in total. The Bertz CT molecular complexity index is 364. The van der Waals surface area contributed by atoms with Crippen molar-refractivity contribution in [2.45, 2.75) is 31.7 Å². The Morgan fingerprint density at radius 3 is 2.94 bits per heavy atom. The van der Waals surface area contributed by atoms with Gasteiger partial charge in [-0.15, -0.1) is 0 Å². The molecule has 1 aliphatic heterocycles. The highest BCUT2D eigenvalue weighted by Gasteiger charge is 2.21. The van der Waals surface area contributed by atoms with E-state index in [4.69, 9.17) is 0 Å². The topological polar surface area (TPSA) is 36.1 Å². The summed E-state index contributed by atoms with van der Waals surface area (Å²) in [6.45, 7) is 2.02. The highest BCUT2D eigenvalue weighted by atomic mass is 15.1. The van der Waals surface area contributed by atoms with Crippen LogP contribution in [0.5, 0.6) is 0 Å². The molecule has 0 bridgehead atoms. The largest absolute Gasteiger partial charge is 0.372 e. The minimum absolute atomic E-state index is 0.697. The van der Waals surface area contributed by atoms with E-state index in [1.165, 1.54) is 30.5 Å². The molecule has 0 radical (unpaired) electrons. The van der Waals surface area contributed by atoms with E-state index in [0.717, 1.165) is 25.7 Å². The maximum atomic E-state index is 3.60. The van der Waals surface area contributed by atoms with Gasteiger partial charge in [0.05, 0.1) is 6.67 Å². The molecule has 1 saturated carbocycles. The van der Waals surface area contributed by atoms with Gasteiger partial charge in [-0.3, -0.25) is 0 Å². The van der Waals surface area contributed by atoms with Crippen molar-refractivity contribution in [2.24, 2.45) is 5.92 Å². The molecule has 3 N–H and O–H groups in total. The Balaban J connectivity index is 1.44. The molecule has 3 heteroatoms. The average molecular weight is 231 g/mol. The summed E-state index contributed by atoms with van der Waals surface area (Å²) in [5, 5.41) is 10.1. The average Bonchev–Trinajstić information content (AvgIpc) is 3.05. The fraction of sp³-hybridized carbons (Fsp3) is 0.571. The standard InChI is InChI=1S/C14H21N3/c1-3-12(8-16-13-5-6-13)4-2-11(1)7-14-9-15-10-17-14/h1-3,9,12-13,15-17H,4-8,10H2. The summed E-state index contributed by atoms with van der Waals surface area (Å²) >= 11 is 0. The second-order valence-electron chi connectivity index (χ2n) is 5.22. The summed E-state index contributed by atoms with van der Waals surface area (Å²) in [6.07, 6.45) is 14.1. The minimum Gasteiger partial charge on any atom is -0.372 e. The van der Waals surface area contributed by atoms with Crippen molar-refractivity contribution in [3.8, 4) is 0 Å². The number of allylic oxidation sites excluding steroid dienone is 3. The first-order valence-corrected chi connectivity index (χ1v) is 6.67. The molecule has 1 heterocycles. The van der Waals surface area contributed by atoms with Gasteiger partial charge in [0.2, 0.25) is 0 Å². The first-order chi connectivity index (χ1) is 8.40. The lowest BCUT2D eigenvalue weighted by atomic mass is 9.94. The van der Waals surface area contributed by atoms with Crippen LogP contribution >= 0.6 is 0 Å². The normalized spacial score (nSPS) is 27.2. The van der Waals surface area contributed by atoms with Crippen LogP contribution < -0.4 is 16.0 Å². The van der Waals surface area contributed by atoms with Crippen LogP contribution in [-0.2, 0) is 0 Å². The molecule has 0 spiro atoms. The van der Waals surface area contributed by atoms with Gasteiger partial charge in [-0.25, -0.2) is 0 Å². The molecule has 17 heavy (non-hydrogen) atoms. The van der Waals surface area contributed by atoms with E-state index in [-0.39, 0.29) is 0 Å². The molecule has 0 aromatic heterocycles. The van der Waals surface area contributed by atoms with Gasteiger partial charge in [-0.1, -0.05) is 18.2 Å². The molecular weight excluding hydrogens is 210 g/mol. The van der Waals surface area contributed by atoms with E-state index < -0.39 is 0 Å². The minimum atomic E-state index is 0.697. The van der Waals surface area contributed by atoms with Crippen LogP contribution in [0.1, 0.15) is 25.7 Å². The lowest BCUT2D eigenvalue weighted by Crippen LogP contribution is -2.24. The number of hydrogen-bond donors (Lipinski definition) is 3. The third-order valence-electron chi connectivity index (χ3n) is 3.60. The predicted octanol–water partition coefficient (Wildman–Crippen LogP) is 1.62. The molecule has 3 aliphatic rings. The number of nitrogens with one attached hydrogen (secondary N) is 3. The summed E-state index contributed by atoms with van der Waals surface area (Å²) in [5.41, 5.74) is 2.74. The van der Waals surface area contributed by atoms with Gasteiger partial charge in [0.25, 0.3) is 0 Å². The maximum Gasteiger partial charge on any atom is 0.0843 e. The van der Waals surface area contributed by atoms with Crippen LogP contribution in [0.3, 0.4) is 0 Å². The van der Waals surface area contributed by atoms with Crippen molar-refractivity contribution in [2.75, 3.05) is 13.2 Å². The predicted molar refractivity (Wildman–Crippen MR) is 70.2 cm³/mol. The molecule has 92 valence electrons. The Morgan fingerprint density at radius 1 is 1.35 bits per heavy atom. The van der Waals surface area contributed by atoms with Crippen molar-refractivity contribution in [3.63, 3.8) is 0 Å². The van der Waals surface area contributed by atoms with E-state index in [1.807, 2.05) is 0 Å². The Hall–Kier alpha value is -1.22. The van der Waals surface area contributed by atoms with Gasteiger partial charge in [0, 0.05) is 30.9 Å². The van der Waals surface area contributed by atoms with Crippen LogP contribution in [-0.4, -0.2) is 19.3 Å². The van der Waals surface area contributed by atoms with Crippen molar-refractivity contribution in [3.05, 3.63) is 35.7 Å². The van der Waals surface area contributed by atoms with Gasteiger partial charge in [-0.05, 0) is 30.8 Å². The SMILES string of the molecule is C1=CC(CNC2CC2)CC=C1CC1=CNCN1. The van der Waals surface area contributed by atoms with Crippen LogP contribution in [0, 0.1) is 5.92 Å². The fourth-order valence-electron chi connectivity index (χ4n) is 2.32. The third kappa shape index (κ3) is 3.13. The zero-order chi connectivity index (χ0) is 11.5. The van der Waals surface area contributed by atoms with E-state index in [1.54, 1.807) is 0 Å². The van der Waals surface area contributed by atoms with Gasteiger partial charge >= 0.3 is 0 Å². The summed E-state index contributed by atoms with van der Waals surface area (Å²) < 4.78 is 0. The first kappa shape index (κ1) is 10.9. The maximum absolute atomic E-state index is 3.60. The van der Waals surface area contributed by atoms with E-state index in [0.29, 0.717) is 5.92 Å². The summed E-state index contributed by atoms with van der Waals surface area (Å²) in [7, 11) is 0. The van der Waals surface area contributed by atoms with Crippen molar-refractivity contribution < 1.29 is 0 Å². The second-order valence-corrected chi connectivity index (χ2v) is 5.22. The van der Waals surface area contributed by atoms with Gasteiger partial charge in [-0.2, -0.15) is 0 Å². The van der Waals surface area contributed by atoms with Crippen LogP contribution in [0.15, 0.2) is 35.7 Å². The summed E-state index contributed by atoms with van der Waals surface area (Å²) in [4.78, 5) is 0. The lowest BCUT2D eigenvalue weighted by Gasteiger charge is -2.17.